The third-order valence-electron chi connectivity index (χ3n) is 2.81. The number of carbonyl (C=O) groups is 1. The number of nitrogens with one attached hydrogen (secondary N) is 1. The van der Waals surface area contributed by atoms with Gasteiger partial charge in [-0.2, -0.15) is 0 Å². The van der Waals surface area contributed by atoms with E-state index in [1.165, 1.54) is 17.4 Å². The molecule has 1 aromatic heterocycles. The van der Waals surface area contributed by atoms with Crippen molar-refractivity contribution in [1.82, 2.24) is 9.88 Å². The van der Waals surface area contributed by atoms with Crippen LogP contribution in [0.15, 0.2) is 23.1 Å². The first-order valence-electron chi connectivity index (χ1n) is 5.59. The van der Waals surface area contributed by atoms with Crippen molar-refractivity contribution in [2.75, 3.05) is 6.54 Å². The lowest BCUT2D eigenvalue weighted by Gasteiger charge is -2.07. The van der Waals surface area contributed by atoms with Crippen molar-refractivity contribution in [3.8, 4) is 0 Å². The van der Waals surface area contributed by atoms with Crippen LogP contribution in [-0.4, -0.2) is 17.0 Å². The predicted molar refractivity (Wildman–Crippen MR) is 61.2 cm³/mol. The Morgan fingerprint density at radius 1 is 1.56 bits per heavy atom. The molecule has 4 heteroatoms. The minimum absolute atomic E-state index is 0.0837. The zero-order chi connectivity index (χ0) is 11.5. The van der Waals surface area contributed by atoms with E-state index in [2.05, 4.69) is 5.32 Å². The second-order valence-electron chi connectivity index (χ2n) is 4.37. The Morgan fingerprint density at radius 3 is 3.00 bits per heavy atom. The molecule has 1 amide bonds. The molecular weight excluding hydrogens is 204 g/mol. The summed E-state index contributed by atoms with van der Waals surface area (Å²) >= 11 is 0. The highest BCUT2D eigenvalue weighted by Crippen LogP contribution is 2.27. The average Bonchev–Trinajstić information content (AvgIpc) is 3.06. The van der Waals surface area contributed by atoms with Crippen molar-refractivity contribution in [3.63, 3.8) is 0 Å². The van der Waals surface area contributed by atoms with Gasteiger partial charge in [0.1, 0.15) is 6.54 Å². The van der Waals surface area contributed by atoms with Gasteiger partial charge in [0.25, 0.3) is 5.56 Å². The summed E-state index contributed by atoms with van der Waals surface area (Å²) in [5.74, 6) is 0.581. The SMILES string of the molecule is Cc1cccn(CC(=O)NCC2CC2)c1=O. The molecule has 0 saturated heterocycles. The number of nitrogens with zero attached hydrogens (tertiary/aromatic N) is 1. The van der Waals surface area contributed by atoms with Crippen molar-refractivity contribution in [2.24, 2.45) is 5.92 Å². The fraction of sp³-hybridized carbons (Fsp3) is 0.500. The zero-order valence-corrected chi connectivity index (χ0v) is 9.40. The Balaban J connectivity index is 1.94. The maximum atomic E-state index is 11.6. The molecule has 1 N–H and O–H groups in total. The molecule has 1 aliphatic rings. The Hall–Kier alpha value is -1.58. The van der Waals surface area contributed by atoms with Crippen molar-refractivity contribution < 1.29 is 4.79 Å². The Kier molecular flexibility index (Phi) is 3.08. The molecule has 86 valence electrons. The summed E-state index contributed by atoms with van der Waals surface area (Å²) in [5.41, 5.74) is 0.571. The van der Waals surface area contributed by atoms with E-state index < -0.39 is 0 Å². The molecule has 0 aromatic carbocycles. The highest BCUT2D eigenvalue weighted by molar-refractivity contribution is 5.75. The first-order chi connectivity index (χ1) is 7.66. The number of hydrogen-bond acceptors (Lipinski definition) is 2. The van der Waals surface area contributed by atoms with Gasteiger partial charge in [-0.1, -0.05) is 6.07 Å². The molecule has 16 heavy (non-hydrogen) atoms. The normalized spacial score (nSPS) is 14.8. The number of pyridine rings is 1. The number of carbonyl (C=O) groups excluding carboxylic acids is 1. The van der Waals surface area contributed by atoms with Crippen LogP contribution in [0, 0.1) is 12.8 Å². The first kappa shape index (κ1) is 10.9. The second kappa shape index (κ2) is 4.51. The topological polar surface area (TPSA) is 51.1 Å². The highest BCUT2D eigenvalue weighted by atomic mass is 16.2. The third-order valence-corrected chi connectivity index (χ3v) is 2.81. The summed E-state index contributed by atoms with van der Waals surface area (Å²) in [7, 11) is 0. The van der Waals surface area contributed by atoms with Gasteiger partial charge in [0.15, 0.2) is 0 Å². The van der Waals surface area contributed by atoms with Gasteiger partial charge < -0.3 is 9.88 Å². The predicted octanol–water partition coefficient (Wildman–Crippen LogP) is 0.683. The molecule has 0 unspecified atom stereocenters. The molecule has 0 aliphatic heterocycles. The molecular formula is C12H16N2O2. The van der Waals surface area contributed by atoms with Gasteiger partial charge in [0.2, 0.25) is 5.91 Å². The Labute approximate surface area is 94.3 Å². The minimum Gasteiger partial charge on any atom is -0.354 e. The number of rotatable bonds is 4. The summed E-state index contributed by atoms with van der Waals surface area (Å²) in [4.78, 5) is 23.2. The lowest BCUT2D eigenvalue weighted by atomic mass is 10.3. The summed E-state index contributed by atoms with van der Waals surface area (Å²) < 4.78 is 1.44. The molecule has 0 radical (unpaired) electrons. The van der Waals surface area contributed by atoms with E-state index in [0.29, 0.717) is 11.5 Å². The van der Waals surface area contributed by atoms with E-state index in [4.69, 9.17) is 0 Å². The zero-order valence-electron chi connectivity index (χ0n) is 9.40. The van der Waals surface area contributed by atoms with E-state index in [9.17, 15) is 9.59 Å². The van der Waals surface area contributed by atoms with Crippen LogP contribution in [0.3, 0.4) is 0 Å². The van der Waals surface area contributed by atoms with E-state index >= 15 is 0 Å². The van der Waals surface area contributed by atoms with E-state index in [0.717, 1.165) is 6.54 Å². The second-order valence-corrected chi connectivity index (χ2v) is 4.37. The van der Waals surface area contributed by atoms with Crippen LogP contribution in [0.4, 0.5) is 0 Å². The maximum absolute atomic E-state index is 11.6. The lowest BCUT2D eigenvalue weighted by molar-refractivity contribution is -0.121. The quantitative estimate of drug-likeness (QED) is 0.811. The number of aromatic nitrogens is 1. The Bertz CT molecular complexity index is 447. The van der Waals surface area contributed by atoms with E-state index in [-0.39, 0.29) is 18.0 Å². The molecule has 1 saturated carbocycles. The molecule has 1 heterocycles. The standard InChI is InChI=1S/C12H16N2O2/c1-9-3-2-6-14(12(9)16)8-11(15)13-7-10-4-5-10/h2-3,6,10H,4-5,7-8H2,1H3,(H,13,15). The van der Waals surface area contributed by atoms with Crippen LogP contribution in [0.1, 0.15) is 18.4 Å². The van der Waals surface area contributed by atoms with Gasteiger partial charge in [-0.15, -0.1) is 0 Å². The molecule has 0 spiro atoms. The largest absolute Gasteiger partial charge is 0.354 e. The molecule has 0 bridgehead atoms. The average molecular weight is 220 g/mol. The summed E-state index contributed by atoms with van der Waals surface area (Å²) in [6.07, 6.45) is 4.07. The van der Waals surface area contributed by atoms with Crippen molar-refractivity contribution in [1.29, 1.82) is 0 Å². The van der Waals surface area contributed by atoms with Crippen molar-refractivity contribution >= 4 is 5.91 Å². The van der Waals surface area contributed by atoms with Crippen LogP contribution in [0.25, 0.3) is 0 Å². The molecule has 1 fully saturated rings. The highest BCUT2D eigenvalue weighted by Gasteiger charge is 2.21. The first-order valence-corrected chi connectivity index (χ1v) is 5.59. The van der Waals surface area contributed by atoms with Crippen LogP contribution >= 0.6 is 0 Å². The van der Waals surface area contributed by atoms with Gasteiger partial charge >= 0.3 is 0 Å². The minimum atomic E-state index is -0.0935. The number of amides is 1. The summed E-state index contributed by atoms with van der Waals surface area (Å²) in [6.45, 7) is 2.62. The van der Waals surface area contributed by atoms with Crippen LogP contribution in [0.2, 0.25) is 0 Å². The van der Waals surface area contributed by atoms with Gasteiger partial charge in [-0.05, 0) is 31.7 Å². The lowest BCUT2D eigenvalue weighted by Crippen LogP contribution is -2.33. The van der Waals surface area contributed by atoms with Crippen LogP contribution in [-0.2, 0) is 11.3 Å². The molecule has 0 atom stereocenters. The molecule has 4 nitrogen and oxygen atoms in total. The van der Waals surface area contributed by atoms with Crippen LogP contribution in [0.5, 0.6) is 0 Å². The number of aryl methyl sites for hydroxylation is 1. The Morgan fingerprint density at radius 2 is 2.31 bits per heavy atom. The molecule has 1 aliphatic carbocycles. The summed E-state index contributed by atoms with van der Waals surface area (Å²) in [6, 6.07) is 3.53. The monoisotopic (exact) mass is 220 g/mol. The van der Waals surface area contributed by atoms with E-state index in [1.54, 1.807) is 25.3 Å². The van der Waals surface area contributed by atoms with Gasteiger partial charge in [0, 0.05) is 18.3 Å². The van der Waals surface area contributed by atoms with Gasteiger partial charge in [0.05, 0.1) is 0 Å². The maximum Gasteiger partial charge on any atom is 0.253 e. The van der Waals surface area contributed by atoms with Gasteiger partial charge in [-0.3, -0.25) is 9.59 Å². The smallest absolute Gasteiger partial charge is 0.253 e. The molecule has 2 rings (SSSR count). The number of hydrogen-bond donors (Lipinski definition) is 1. The fourth-order valence-electron chi connectivity index (χ4n) is 1.57. The van der Waals surface area contributed by atoms with Crippen molar-refractivity contribution in [3.05, 3.63) is 34.2 Å². The third kappa shape index (κ3) is 2.72. The van der Waals surface area contributed by atoms with E-state index in [1.807, 2.05) is 0 Å². The molecule has 1 aromatic rings. The van der Waals surface area contributed by atoms with Gasteiger partial charge in [-0.25, -0.2) is 0 Å². The van der Waals surface area contributed by atoms with Crippen LogP contribution < -0.4 is 10.9 Å². The fourth-order valence-corrected chi connectivity index (χ4v) is 1.57. The van der Waals surface area contributed by atoms with Crippen molar-refractivity contribution in [2.45, 2.75) is 26.3 Å². The summed E-state index contributed by atoms with van der Waals surface area (Å²) in [5, 5.41) is 2.84.